The van der Waals surface area contributed by atoms with E-state index < -0.39 is 11.5 Å². The molecule has 1 aliphatic rings. The van der Waals surface area contributed by atoms with Gasteiger partial charge in [-0.1, -0.05) is 12.2 Å². The minimum atomic E-state index is -1.18. The van der Waals surface area contributed by atoms with Gasteiger partial charge in [0.25, 0.3) is 0 Å². The van der Waals surface area contributed by atoms with Crippen molar-refractivity contribution in [3.05, 3.63) is 12.2 Å². The van der Waals surface area contributed by atoms with Gasteiger partial charge in [-0.2, -0.15) is 0 Å². The van der Waals surface area contributed by atoms with Gasteiger partial charge in [-0.3, -0.25) is 4.79 Å². The topological polar surface area (TPSA) is 66.4 Å². The number of carboxylic acids is 1. The molecule has 1 atom stereocenters. The number of carbonyl (C=O) groups excluding carboxylic acids is 1. The van der Waals surface area contributed by atoms with Crippen LogP contribution in [-0.4, -0.2) is 22.5 Å². The molecule has 0 aliphatic heterocycles. The highest BCUT2D eigenvalue weighted by molar-refractivity contribution is 5.86. The number of carboxylic acid groups (broad SMARTS) is 1. The van der Waals surface area contributed by atoms with Crippen LogP contribution >= 0.6 is 0 Å². The summed E-state index contributed by atoms with van der Waals surface area (Å²) in [5.74, 6) is -0.939. The third-order valence-corrected chi connectivity index (χ3v) is 2.55. The van der Waals surface area contributed by atoms with E-state index in [9.17, 15) is 9.59 Å². The van der Waals surface area contributed by atoms with E-state index in [1.54, 1.807) is 0 Å². The van der Waals surface area contributed by atoms with Crippen LogP contribution in [0.4, 0.5) is 0 Å². The molecular formula is C11H17NO3. The van der Waals surface area contributed by atoms with Crippen molar-refractivity contribution in [1.29, 1.82) is 0 Å². The fraction of sp³-hybridized carbons (Fsp3) is 0.636. The number of nitrogens with one attached hydrogen (secondary N) is 1. The molecule has 0 saturated carbocycles. The van der Waals surface area contributed by atoms with Gasteiger partial charge in [-0.15, -0.1) is 0 Å². The summed E-state index contributed by atoms with van der Waals surface area (Å²) >= 11 is 0. The summed E-state index contributed by atoms with van der Waals surface area (Å²) < 4.78 is 0. The maximum atomic E-state index is 11.5. The summed E-state index contributed by atoms with van der Waals surface area (Å²) in [5.41, 5.74) is -1.18. The van der Waals surface area contributed by atoms with Gasteiger partial charge in [0.2, 0.25) is 5.91 Å². The van der Waals surface area contributed by atoms with Gasteiger partial charge >= 0.3 is 5.97 Å². The van der Waals surface area contributed by atoms with E-state index in [1.165, 1.54) is 13.8 Å². The molecule has 0 spiro atoms. The SMILES string of the molecule is CC(C)(NC(=O)CC1C=CCC1)C(=O)O. The maximum absolute atomic E-state index is 11.5. The van der Waals surface area contributed by atoms with E-state index in [1.807, 2.05) is 6.08 Å². The zero-order chi connectivity index (χ0) is 11.5. The highest BCUT2D eigenvalue weighted by atomic mass is 16.4. The lowest BCUT2D eigenvalue weighted by Gasteiger charge is -2.21. The largest absolute Gasteiger partial charge is 0.480 e. The molecule has 0 heterocycles. The maximum Gasteiger partial charge on any atom is 0.328 e. The molecule has 0 aromatic heterocycles. The first-order valence-corrected chi connectivity index (χ1v) is 5.13. The summed E-state index contributed by atoms with van der Waals surface area (Å²) in [5, 5.41) is 11.3. The number of aliphatic carboxylic acids is 1. The quantitative estimate of drug-likeness (QED) is 0.689. The van der Waals surface area contributed by atoms with Gasteiger partial charge in [-0.25, -0.2) is 4.79 Å². The molecule has 4 nitrogen and oxygen atoms in total. The van der Waals surface area contributed by atoms with Crippen LogP contribution in [0.1, 0.15) is 33.1 Å². The van der Waals surface area contributed by atoms with Gasteiger partial charge < -0.3 is 10.4 Å². The van der Waals surface area contributed by atoms with Crippen LogP contribution in [0.3, 0.4) is 0 Å². The molecular weight excluding hydrogens is 194 g/mol. The lowest BCUT2D eigenvalue weighted by Crippen LogP contribution is -2.49. The van der Waals surface area contributed by atoms with Crippen molar-refractivity contribution < 1.29 is 14.7 Å². The van der Waals surface area contributed by atoms with Crippen LogP contribution in [0, 0.1) is 5.92 Å². The van der Waals surface area contributed by atoms with Crippen LogP contribution in [0.25, 0.3) is 0 Å². The molecule has 1 amide bonds. The zero-order valence-corrected chi connectivity index (χ0v) is 9.12. The summed E-state index contributed by atoms with van der Waals surface area (Å²) in [4.78, 5) is 22.3. The molecule has 84 valence electrons. The second-order valence-corrected chi connectivity index (χ2v) is 4.45. The molecule has 0 fully saturated rings. The number of rotatable bonds is 4. The highest BCUT2D eigenvalue weighted by Gasteiger charge is 2.29. The van der Waals surface area contributed by atoms with Gasteiger partial charge in [0.05, 0.1) is 0 Å². The molecule has 2 N–H and O–H groups in total. The van der Waals surface area contributed by atoms with Crippen LogP contribution < -0.4 is 5.32 Å². The predicted octanol–water partition coefficient (Wildman–Crippen LogP) is 1.32. The molecule has 0 radical (unpaired) electrons. The van der Waals surface area contributed by atoms with Crippen molar-refractivity contribution in [1.82, 2.24) is 5.32 Å². The van der Waals surface area contributed by atoms with Gasteiger partial charge in [0, 0.05) is 6.42 Å². The van der Waals surface area contributed by atoms with Crippen molar-refractivity contribution in [3.63, 3.8) is 0 Å². The third-order valence-electron chi connectivity index (χ3n) is 2.55. The number of carbonyl (C=O) groups is 2. The molecule has 0 aromatic rings. The Bertz CT molecular complexity index is 294. The Morgan fingerprint density at radius 1 is 1.53 bits per heavy atom. The van der Waals surface area contributed by atoms with E-state index in [4.69, 9.17) is 5.11 Å². The molecule has 0 bridgehead atoms. The Kier molecular flexibility index (Phi) is 3.50. The smallest absolute Gasteiger partial charge is 0.328 e. The molecule has 1 aliphatic carbocycles. The second kappa shape index (κ2) is 4.47. The van der Waals surface area contributed by atoms with Crippen LogP contribution in [0.2, 0.25) is 0 Å². The third kappa shape index (κ3) is 3.38. The van der Waals surface area contributed by atoms with Crippen molar-refractivity contribution >= 4 is 11.9 Å². The molecule has 15 heavy (non-hydrogen) atoms. The Morgan fingerprint density at radius 2 is 2.20 bits per heavy atom. The van der Waals surface area contributed by atoms with E-state index in [-0.39, 0.29) is 11.8 Å². The number of hydrogen-bond acceptors (Lipinski definition) is 2. The van der Waals surface area contributed by atoms with E-state index in [0.29, 0.717) is 6.42 Å². The first kappa shape index (κ1) is 11.8. The van der Waals surface area contributed by atoms with Crippen LogP contribution in [-0.2, 0) is 9.59 Å². The Hall–Kier alpha value is -1.32. The summed E-state index contributed by atoms with van der Waals surface area (Å²) in [6, 6.07) is 0. The minimum absolute atomic E-state index is 0.195. The van der Waals surface area contributed by atoms with Gasteiger partial charge in [0.1, 0.15) is 5.54 Å². The average molecular weight is 211 g/mol. The first-order valence-electron chi connectivity index (χ1n) is 5.13. The van der Waals surface area contributed by atoms with Crippen LogP contribution in [0.5, 0.6) is 0 Å². The monoisotopic (exact) mass is 211 g/mol. The molecule has 0 aromatic carbocycles. The Labute approximate surface area is 89.4 Å². The minimum Gasteiger partial charge on any atom is -0.480 e. The summed E-state index contributed by atoms with van der Waals surface area (Å²) in [6.07, 6.45) is 6.46. The lowest BCUT2D eigenvalue weighted by atomic mass is 10.0. The fourth-order valence-corrected chi connectivity index (χ4v) is 1.56. The van der Waals surface area contributed by atoms with Crippen molar-refractivity contribution in [2.75, 3.05) is 0 Å². The van der Waals surface area contributed by atoms with Gasteiger partial charge in [0.15, 0.2) is 0 Å². The molecule has 1 unspecified atom stereocenters. The van der Waals surface area contributed by atoms with Crippen molar-refractivity contribution in [2.24, 2.45) is 5.92 Å². The molecule has 4 heteroatoms. The standard InChI is InChI=1S/C11H17NO3/c1-11(2,10(14)15)12-9(13)7-8-5-3-4-6-8/h3,5,8H,4,6-7H2,1-2H3,(H,12,13)(H,14,15). The Balaban J connectivity index is 2.41. The lowest BCUT2D eigenvalue weighted by molar-refractivity contribution is -0.146. The molecule has 1 rings (SSSR count). The van der Waals surface area contributed by atoms with E-state index in [0.717, 1.165) is 12.8 Å². The summed E-state index contributed by atoms with van der Waals surface area (Å²) in [7, 11) is 0. The second-order valence-electron chi connectivity index (χ2n) is 4.45. The fourth-order valence-electron chi connectivity index (χ4n) is 1.56. The Morgan fingerprint density at radius 3 is 2.67 bits per heavy atom. The van der Waals surface area contributed by atoms with Crippen molar-refractivity contribution in [2.45, 2.75) is 38.6 Å². The van der Waals surface area contributed by atoms with Gasteiger partial charge in [-0.05, 0) is 32.6 Å². The highest BCUT2D eigenvalue weighted by Crippen LogP contribution is 2.20. The number of allylic oxidation sites excluding steroid dienone is 2. The van der Waals surface area contributed by atoms with E-state index in [2.05, 4.69) is 11.4 Å². The first-order chi connectivity index (χ1) is 6.92. The number of amides is 1. The predicted molar refractivity (Wildman–Crippen MR) is 56.3 cm³/mol. The van der Waals surface area contributed by atoms with Crippen molar-refractivity contribution in [3.8, 4) is 0 Å². The summed E-state index contributed by atoms with van der Waals surface area (Å²) in [6.45, 7) is 2.97. The van der Waals surface area contributed by atoms with E-state index >= 15 is 0 Å². The normalized spacial score (nSPS) is 20.3. The number of hydrogen-bond donors (Lipinski definition) is 2. The molecule has 0 saturated heterocycles. The average Bonchev–Trinajstić information content (AvgIpc) is 2.54. The van der Waals surface area contributed by atoms with Crippen LogP contribution in [0.15, 0.2) is 12.2 Å². The zero-order valence-electron chi connectivity index (χ0n) is 9.12.